The Balaban J connectivity index is 2.33. The van der Waals surface area contributed by atoms with Crippen LogP contribution in [0.25, 0.3) is 0 Å². The maximum atomic E-state index is 11.4. The molecule has 0 amide bonds. The molecule has 6 heteroatoms. The van der Waals surface area contributed by atoms with Crippen molar-refractivity contribution in [2.24, 2.45) is 0 Å². The van der Waals surface area contributed by atoms with E-state index in [9.17, 15) is 4.79 Å². The summed E-state index contributed by atoms with van der Waals surface area (Å²) >= 11 is 1.48. The second-order valence-electron chi connectivity index (χ2n) is 3.90. The van der Waals surface area contributed by atoms with Crippen LogP contribution in [0.4, 0.5) is 5.13 Å². The molecule has 0 spiro atoms. The molecule has 102 valence electrons. The van der Waals surface area contributed by atoms with Crippen LogP contribution < -0.4 is 5.32 Å². The van der Waals surface area contributed by atoms with E-state index in [4.69, 9.17) is 4.74 Å². The van der Waals surface area contributed by atoms with Gasteiger partial charge < -0.3 is 14.8 Å². The van der Waals surface area contributed by atoms with Crippen molar-refractivity contribution in [1.29, 1.82) is 0 Å². The number of nitrogens with one attached hydrogen (secondary N) is 1. The second kappa shape index (κ2) is 8.05. The number of esters is 1. The highest BCUT2D eigenvalue weighted by Gasteiger charge is 2.15. The summed E-state index contributed by atoms with van der Waals surface area (Å²) in [6.45, 7) is 3.54. The van der Waals surface area contributed by atoms with Crippen molar-refractivity contribution >= 4 is 22.4 Å². The van der Waals surface area contributed by atoms with Gasteiger partial charge >= 0.3 is 5.97 Å². The normalized spacial score (nSPS) is 10.4. The van der Waals surface area contributed by atoms with Gasteiger partial charge in [0.15, 0.2) is 10.8 Å². The fraction of sp³-hybridized carbons (Fsp3) is 0.667. The number of hydrogen-bond donors (Lipinski definition) is 1. The lowest BCUT2D eigenvalue weighted by Crippen LogP contribution is -2.05. The molecule has 0 saturated heterocycles. The minimum Gasteiger partial charge on any atom is -0.464 e. The molecule has 0 aliphatic carbocycles. The predicted molar refractivity (Wildman–Crippen MR) is 72.4 cm³/mol. The first-order valence-electron chi connectivity index (χ1n) is 5.97. The molecule has 1 N–H and O–H groups in total. The monoisotopic (exact) mass is 272 g/mol. The van der Waals surface area contributed by atoms with E-state index in [1.807, 2.05) is 6.92 Å². The molecule has 18 heavy (non-hydrogen) atoms. The average molecular weight is 272 g/mol. The third-order valence-electron chi connectivity index (χ3n) is 2.48. The molecule has 0 aliphatic heterocycles. The van der Waals surface area contributed by atoms with Gasteiger partial charge in [-0.1, -0.05) is 0 Å². The van der Waals surface area contributed by atoms with Gasteiger partial charge in [0, 0.05) is 25.1 Å². The van der Waals surface area contributed by atoms with Crippen molar-refractivity contribution in [2.45, 2.75) is 26.2 Å². The van der Waals surface area contributed by atoms with E-state index in [2.05, 4.69) is 15.0 Å². The molecule has 0 atom stereocenters. The van der Waals surface area contributed by atoms with Gasteiger partial charge in [-0.15, -0.1) is 11.3 Å². The largest absolute Gasteiger partial charge is 0.464 e. The van der Waals surface area contributed by atoms with E-state index < -0.39 is 0 Å². The Morgan fingerprint density at radius 3 is 2.78 bits per heavy atom. The van der Waals surface area contributed by atoms with Gasteiger partial charge in [0.05, 0.1) is 7.11 Å². The number of rotatable bonds is 8. The predicted octanol–water partition coefficient (Wildman–Crippen LogP) is 2.47. The highest BCUT2D eigenvalue weighted by atomic mass is 32.1. The minimum atomic E-state index is -0.378. The highest BCUT2D eigenvalue weighted by molar-refractivity contribution is 7.15. The summed E-state index contributed by atoms with van der Waals surface area (Å²) in [6, 6.07) is 0. The molecular weight excluding hydrogens is 252 g/mol. The number of aryl methyl sites for hydroxylation is 1. The first-order chi connectivity index (χ1) is 8.69. The zero-order valence-corrected chi connectivity index (χ0v) is 11.9. The maximum Gasteiger partial charge on any atom is 0.357 e. The highest BCUT2D eigenvalue weighted by Crippen LogP contribution is 2.22. The number of unbranched alkanes of at least 4 members (excludes halogenated alkanes) is 2. The average Bonchev–Trinajstić information content (AvgIpc) is 2.74. The molecule has 0 aromatic carbocycles. The molecule has 1 rings (SSSR count). The maximum absolute atomic E-state index is 11.4. The molecule has 5 nitrogen and oxygen atoms in total. The Labute approximate surface area is 112 Å². The van der Waals surface area contributed by atoms with Crippen molar-refractivity contribution in [3.05, 3.63) is 10.6 Å². The molecule has 0 bridgehead atoms. The summed E-state index contributed by atoms with van der Waals surface area (Å²) in [4.78, 5) is 16.5. The van der Waals surface area contributed by atoms with Gasteiger partial charge in [-0.2, -0.15) is 0 Å². The van der Waals surface area contributed by atoms with E-state index in [0.29, 0.717) is 5.69 Å². The molecule has 1 heterocycles. The second-order valence-corrected chi connectivity index (χ2v) is 5.10. The third kappa shape index (κ3) is 4.62. The number of ether oxygens (including phenoxy) is 2. The summed E-state index contributed by atoms with van der Waals surface area (Å²) in [5.74, 6) is -0.378. The number of nitrogens with zero attached hydrogens (tertiary/aromatic N) is 1. The van der Waals surface area contributed by atoms with Gasteiger partial charge in [0.25, 0.3) is 0 Å². The van der Waals surface area contributed by atoms with Crippen LogP contribution in [-0.4, -0.2) is 38.3 Å². The van der Waals surface area contributed by atoms with E-state index in [0.717, 1.165) is 42.4 Å². The number of thiazole rings is 1. The van der Waals surface area contributed by atoms with E-state index >= 15 is 0 Å². The molecule has 0 radical (unpaired) electrons. The van der Waals surface area contributed by atoms with Crippen molar-refractivity contribution < 1.29 is 14.3 Å². The molecule has 0 aliphatic rings. The zero-order valence-electron chi connectivity index (χ0n) is 11.1. The van der Waals surface area contributed by atoms with Crippen LogP contribution in [0.15, 0.2) is 0 Å². The van der Waals surface area contributed by atoms with E-state index in [1.54, 1.807) is 7.11 Å². The van der Waals surface area contributed by atoms with Crippen LogP contribution in [0.2, 0.25) is 0 Å². The molecular formula is C12H20N2O3S. The van der Waals surface area contributed by atoms with Gasteiger partial charge in [-0.3, -0.25) is 0 Å². The van der Waals surface area contributed by atoms with E-state index in [-0.39, 0.29) is 5.97 Å². The van der Waals surface area contributed by atoms with Gasteiger partial charge in [-0.25, -0.2) is 9.78 Å². The Kier molecular flexibility index (Phi) is 6.67. The van der Waals surface area contributed by atoms with Crippen LogP contribution in [0.1, 0.15) is 34.6 Å². The standard InChI is InChI=1S/C12H20N2O3S/c1-9-10(11(15)17-3)14-12(18-9)13-7-5-4-6-8-16-2/h4-8H2,1-3H3,(H,13,14). The fourth-order valence-electron chi connectivity index (χ4n) is 1.50. The summed E-state index contributed by atoms with van der Waals surface area (Å²) in [7, 11) is 3.08. The number of methoxy groups -OCH3 is 2. The fourth-order valence-corrected chi connectivity index (χ4v) is 2.33. The van der Waals surface area contributed by atoms with Crippen LogP contribution in [-0.2, 0) is 9.47 Å². The third-order valence-corrected chi connectivity index (χ3v) is 3.41. The molecule has 1 aromatic rings. The lowest BCUT2D eigenvalue weighted by Gasteiger charge is -2.02. The topological polar surface area (TPSA) is 60.5 Å². The summed E-state index contributed by atoms with van der Waals surface area (Å²) in [5, 5.41) is 4.00. The van der Waals surface area contributed by atoms with Crippen LogP contribution in [0.3, 0.4) is 0 Å². The number of carbonyl (C=O) groups is 1. The van der Waals surface area contributed by atoms with Crippen molar-refractivity contribution in [3.8, 4) is 0 Å². The van der Waals surface area contributed by atoms with Crippen LogP contribution in [0, 0.1) is 6.92 Å². The van der Waals surface area contributed by atoms with Gasteiger partial charge in [0.2, 0.25) is 0 Å². The van der Waals surface area contributed by atoms with Crippen LogP contribution in [0.5, 0.6) is 0 Å². The molecule has 0 fully saturated rings. The number of carbonyl (C=O) groups excluding carboxylic acids is 1. The smallest absolute Gasteiger partial charge is 0.357 e. The van der Waals surface area contributed by atoms with Crippen LogP contribution >= 0.6 is 11.3 Å². The SMILES string of the molecule is COCCCCCNc1nc(C(=O)OC)c(C)s1. The van der Waals surface area contributed by atoms with Crippen molar-refractivity contribution in [2.75, 3.05) is 32.7 Å². The summed E-state index contributed by atoms with van der Waals surface area (Å²) < 4.78 is 9.65. The quantitative estimate of drug-likeness (QED) is 0.582. The summed E-state index contributed by atoms with van der Waals surface area (Å²) in [6.07, 6.45) is 3.26. The minimum absolute atomic E-state index is 0.378. The zero-order chi connectivity index (χ0) is 13.4. The number of anilines is 1. The lowest BCUT2D eigenvalue weighted by molar-refractivity contribution is 0.0594. The Morgan fingerprint density at radius 1 is 1.33 bits per heavy atom. The van der Waals surface area contributed by atoms with Gasteiger partial charge in [0.1, 0.15) is 0 Å². The number of hydrogen-bond acceptors (Lipinski definition) is 6. The van der Waals surface area contributed by atoms with Gasteiger partial charge in [-0.05, 0) is 26.2 Å². The molecule has 0 saturated carbocycles. The Hall–Kier alpha value is -1.14. The van der Waals surface area contributed by atoms with E-state index in [1.165, 1.54) is 18.4 Å². The first-order valence-corrected chi connectivity index (χ1v) is 6.79. The molecule has 1 aromatic heterocycles. The molecule has 0 unspecified atom stereocenters. The summed E-state index contributed by atoms with van der Waals surface area (Å²) in [5.41, 5.74) is 0.407. The first kappa shape index (κ1) is 14.9. The lowest BCUT2D eigenvalue weighted by atomic mass is 10.2. The number of aromatic nitrogens is 1. The Morgan fingerprint density at radius 2 is 2.11 bits per heavy atom. The Bertz CT molecular complexity index is 379. The van der Waals surface area contributed by atoms with Crippen molar-refractivity contribution in [3.63, 3.8) is 0 Å². The van der Waals surface area contributed by atoms with Crippen molar-refractivity contribution in [1.82, 2.24) is 4.98 Å².